The molecule has 2 aromatic carbocycles. The summed E-state index contributed by atoms with van der Waals surface area (Å²) in [5, 5.41) is 2.46. The molecule has 0 N–H and O–H groups in total. The summed E-state index contributed by atoms with van der Waals surface area (Å²) in [6, 6.07) is 14.6. The first-order valence-corrected chi connectivity index (χ1v) is 7.37. The maximum absolute atomic E-state index is 11.8. The van der Waals surface area contributed by atoms with Gasteiger partial charge in [-0.2, -0.15) is 0 Å². The van der Waals surface area contributed by atoms with Gasteiger partial charge in [0, 0.05) is 19.2 Å². The van der Waals surface area contributed by atoms with Gasteiger partial charge in [0.15, 0.2) is 0 Å². The molecular weight excluding hydrogens is 258 g/mol. The minimum Gasteiger partial charge on any atom is -0.340 e. The quantitative estimate of drug-likeness (QED) is 0.591. The van der Waals surface area contributed by atoms with E-state index in [1.54, 1.807) is 17.1 Å². The van der Waals surface area contributed by atoms with Crippen molar-refractivity contribution in [3.8, 4) is 0 Å². The zero-order valence-corrected chi connectivity index (χ0v) is 12.6. The molecule has 0 heterocycles. The second-order valence-electron chi connectivity index (χ2n) is 4.84. The summed E-state index contributed by atoms with van der Waals surface area (Å²) in [4.78, 5) is 13.6. The van der Waals surface area contributed by atoms with E-state index < -0.39 is 0 Å². The molecule has 0 saturated heterocycles. The van der Waals surface area contributed by atoms with Crippen molar-refractivity contribution in [2.75, 3.05) is 13.1 Å². The molecule has 0 atom stereocenters. The summed E-state index contributed by atoms with van der Waals surface area (Å²) in [6.45, 7) is 5.46. The number of hydrogen-bond acceptors (Lipinski definition) is 1. The van der Waals surface area contributed by atoms with E-state index in [0.29, 0.717) is 0 Å². The molecule has 0 saturated carbocycles. The molecule has 0 aromatic heterocycles. The van der Waals surface area contributed by atoms with E-state index in [2.05, 4.69) is 30.3 Å². The Hall–Kier alpha value is -2.35. The molecule has 2 rings (SSSR count). The van der Waals surface area contributed by atoms with Gasteiger partial charge in [0.1, 0.15) is 0 Å². The normalized spacial score (nSPS) is 11.5. The van der Waals surface area contributed by atoms with E-state index in [4.69, 9.17) is 0 Å². The van der Waals surface area contributed by atoms with E-state index in [9.17, 15) is 4.79 Å². The zero-order chi connectivity index (χ0) is 15.1. The first kappa shape index (κ1) is 15.0. The number of nitrogens with zero attached hydrogens (tertiary/aromatic N) is 1. The number of amides is 1. The van der Waals surface area contributed by atoms with E-state index in [-0.39, 0.29) is 5.91 Å². The summed E-state index contributed by atoms with van der Waals surface area (Å²) < 4.78 is 0. The first-order valence-electron chi connectivity index (χ1n) is 7.37. The summed E-state index contributed by atoms with van der Waals surface area (Å²) >= 11 is 0. The van der Waals surface area contributed by atoms with Crippen LogP contribution < -0.4 is 0 Å². The number of fused-ring (bicyclic) bond motifs is 1. The second-order valence-corrected chi connectivity index (χ2v) is 4.84. The Labute approximate surface area is 126 Å². The lowest BCUT2D eigenvalue weighted by Crippen LogP contribution is -2.28. The van der Waals surface area contributed by atoms with Gasteiger partial charge in [0.05, 0.1) is 0 Å². The molecule has 2 nitrogen and oxygen atoms in total. The second kappa shape index (κ2) is 7.44. The Bertz CT molecular complexity index is 666. The van der Waals surface area contributed by atoms with Crippen molar-refractivity contribution in [1.29, 1.82) is 0 Å². The lowest BCUT2D eigenvalue weighted by atomic mass is 10.1. The van der Waals surface area contributed by atoms with Gasteiger partial charge in [-0.05, 0) is 36.2 Å². The molecular formula is C19H21NO. The average Bonchev–Trinajstić information content (AvgIpc) is 2.52. The van der Waals surface area contributed by atoms with Crippen LogP contribution in [0.2, 0.25) is 0 Å². The molecule has 0 aliphatic rings. The molecule has 0 bridgehead atoms. The van der Waals surface area contributed by atoms with E-state index in [1.807, 2.05) is 38.1 Å². The predicted molar refractivity (Wildman–Crippen MR) is 90.1 cm³/mol. The number of carbonyl (C=O) groups is 1. The van der Waals surface area contributed by atoms with Crippen LogP contribution >= 0.6 is 0 Å². The molecule has 0 spiro atoms. The van der Waals surface area contributed by atoms with Gasteiger partial charge in [0.25, 0.3) is 0 Å². The van der Waals surface area contributed by atoms with Crippen LogP contribution in [0.1, 0.15) is 19.4 Å². The number of carbonyl (C=O) groups excluding carboxylic acids is 1. The standard InChI is InChI=1S/C19H21NO/c1-3-20(4-2)19(21)12-8-5-9-16-13-14-17-10-6-7-11-18(17)15-16/h5-15H,3-4H2,1-2H3/b9-5+,12-8+. The van der Waals surface area contributed by atoms with Gasteiger partial charge < -0.3 is 4.90 Å². The third kappa shape index (κ3) is 4.06. The minimum absolute atomic E-state index is 0.0585. The summed E-state index contributed by atoms with van der Waals surface area (Å²) in [5.41, 5.74) is 1.13. The molecule has 2 heteroatoms. The molecule has 21 heavy (non-hydrogen) atoms. The first-order chi connectivity index (χ1) is 10.2. The Morgan fingerprint density at radius 2 is 1.71 bits per heavy atom. The highest BCUT2D eigenvalue weighted by Gasteiger charge is 2.03. The third-order valence-corrected chi connectivity index (χ3v) is 3.49. The van der Waals surface area contributed by atoms with Crippen molar-refractivity contribution < 1.29 is 4.79 Å². The monoisotopic (exact) mass is 279 g/mol. The van der Waals surface area contributed by atoms with Gasteiger partial charge >= 0.3 is 0 Å². The number of likely N-dealkylation sites (N-methyl/N-ethyl adjacent to an activating group) is 1. The third-order valence-electron chi connectivity index (χ3n) is 3.49. The van der Waals surface area contributed by atoms with Crippen LogP contribution in [0.25, 0.3) is 16.8 Å². The summed E-state index contributed by atoms with van der Waals surface area (Å²) in [5.74, 6) is 0.0585. The van der Waals surface area contributed by atoms with Crippen molar-refractivity contribution in [2.24, 2.45) is 0 Å². The summed E-state index contributed by atoms with van der Waals surface area (Å²) in [7, 11) is 0. The Kier molecular flexibility index (Phi) is 5.33. The highest BCUT2D eigenvalue weighted by molar-refractivity contribution is 5.88. The van der Waals surface area contributed by atoms with Crippen molar-refractivity contribution in [3.05, 3.63) is 66.3 Å². The lowest BCUT2D eigenvalue weighted by Gasteiger charge is -2.15. The molecule has 108 valence electrons. The van der Waals surface area contributed by atoms with Crippen LogP contribution in [0, 0.1) is 0 Å². The average molecular weight is 279 g/mol. The summed E-state index contributed by atoms with van der Waals surface area (Å²) in [6.07, 6.45) is 7.34. The number of rotatable bonds is 5. The Morgan fingerprint density at radius 3 is 2.43 bits per heavy atom. The van der Waals surface area contributed by atoms with Crippen LogP contribution in [0.4, 0.5) is 0 Å². The smallest absolute Gasteiger partial charge is 0.246 e. The number of allylic oxidation sites excluding steroid dienone is 2. The van der Waals surface area contributed by atoms with E-state index >= 15 is 0 Å². The Balaban J connectivity index is 2.04. The highest BCUT2D eigenvalue weighted by atomic mass is 16.2. The van der Waals surface area contributed by atoms with E-state index in [1.165, 1.54) is 10.8 Å². The largest absolute Gasteiger partial charge is 0.340 e. The molecule has 0 fully saturated rings. The Morgan fingerprint density at radius 1 is 1.00 bits per heavy atom. The molecule has 2 aromatic rings. The lowest BCUT2D eigenvalue weighted by molar-refractivity contribution is -0.125. The number of hydrogen-bond donors (Lipinski definition) is 0. The van der Waals surface area contributed by atoms with Gasteiger partial charge in [-0.3, -0.25) is 4.79 Å². The maximum atomic E-state index is 11.8. The molecule has 0 unspecified atom stereocenters. The van der Waals surface area contributed by atoms with Crippen molar-refractivity contribution in [3.63, 3.8) is 0 Å². The fraction of sp³-hybridized carbons (Fsp3) is 0.211. The van der Waals surface area contributed by atoms with Crippen molar-refractivity contribution >= 4 is 22.8 Å². The minimum atomic E-state index is 0.0585. The van der Waals surface area contributed by atoms with Crippen LogP contribution in [0.15, 0.2) is 60.7 Å². The molecule has 1 amide bonds. The van der Waals surface area contributed by atoms with Crippen molar-refractivity contribution in [2.45, 2.75) is 13.8 Å². The van der Waals surface area contributed by atoms with Gasteiger partial charge in [0.2, 0.25) is 5.91 Å². The fourth-order valence-corrected chi connectivity index (χ4v) is 2.26. The van der Waals surface area contributed by atoms with Crippen LogP contribution in [0.3, 0.4) is 0 Å². The van der Waals surface area contributed by atoms with Crippen LogP contribution in [0.5, 0.6) is 0 Å². The van der Waals surface area contributed by atoms with Gasteiger partial charge in [-0.15, -0.1) is 0 Å². The zero-order valence-electron chi connectivity index (χ0n) is 12.6. The predicted octanol–water partition coefficient (Wildman–Crippen LogP) is 4.28. The maximum Gasteiger partial charge on any atom is 0.246 e. The fourth-order valence-electron chi connectivity index (χ4n) is 2.26. The highest BCUT2D eigenvalue weighted by Crippen LogP contribution is 2.16. The number of benzene rings is 2. The van der Waals surface area contributed by atoms with Crippen molar-refractivity contribution in [1.82, 2.24) is 4.90 Å². The molecule has 0 radical (unpaired) electrons. The molecule has 0 aliphatic heterocycles. The van der Waals surface area contributed by atoms with Crippen LogP contribution in [-0.2, 0) is 4.79 Å². The topological polar surface area (TPSA) is 20.3 Å². The SMILES string of the molecule is CCN(CC)C(=O)/C=C/C=C/c1ccc2ccccc2c1. The van der Waals surface area contributed by atoms with E-state index in [0.717, 1.165) is 18.7 Å². The van der Waals surface area contributed by atoms with Crippen LogP contribution in [-0.4, -0.2) is 23.9 Å². The van der Waals surface area contributed by atoms with Gasteiger partial charge in [-0.1, -0.05) is 54.6 Å². The molecule has 0 aliphatic carbocycles. The van der Waals surface area contributed by atoms with Gasteiger partial charge in [-0.25, -0.2) is 0 Å².